The molecule has 1 aliphatic carbocycles. The number of fused-ring (bicyclic) bond motifs is 1. The lowest BCUT2D eigenvalue weighted by Crippen LogP contribution is -2.45. The Morgan fingerprint density at radius 1 is 1.02 bits per heavy atom. The van der Waals surface area contributed by atoms with Gasteiger partial charge in [0.05, 0.1) is 23.8 Å². The average Bonchev–Trinajstić information content (AvgIpc) is 3.49. The molecule has 0 N–H and O–H groups in total. The van der Waals surface area contributed by atoms with Crippen molar-refractivity contribution in [2.75, 3.05) is 31.4 Å². The Bertz CT molecular complexity index is 1470. The lowest BCUT2D eigenvalue weighted by Gasteiger charge is -2.31. The van der Waals surface area contributed by atoms with Crippen LogP contribution in [0.4, 0.5) is 5.13 Å². The van der Waals surface area contributed by atoms with Gasteiger partial charge in [-0.05, 0) is 56.9 Å². The highest BCUT2D eigenvalue weighted by molar-refractivity contribution is 7.85. The van der Waals surface area contributed by atoms with Crippen LogP contribution in [0.2, 0.25) is 0 Å². The Labute approximate surface area is 239 Å². The van der Waals surface area contributed by atoms with Crippen molar-refractivity contribution >= 4 is 38.5 Å². The molecular formula is C29H34N2O7S2. The van der Waals surface area contributed by atoms with Crippen molar-refractivity contribution in [1.29, 1.82) is 0 Å². The zero-order chi connectivity index (χ0) is 29.1. The first kappa shape index (κ1) is 29.7. The zero-order valence-corrected chi connectivity index (χ0v) is 24.9. The Morgan fingerprint density at radius 2 is 1.65 bits per heavy atom. The van der Waals surface area contributed by atoms with Gasteiger partial charge in [0.15, 0.2) is 5.13 Å². The molecule has 214 valence electrons. The number of hydrogen-bond donors (Lipinski definition) is 0. The van der Waals surface area contributed by atoms with Crippen LogP contribution in [0.3, 0.4) is 0 Å². The molecule has 1 aromatic heterocycles. The quantitative estimate of drug-likeness (QED) is 0.192. The monoisotopic (exact) mass is 586 g/mol. The number of amides is 1. The molecule has 0 saturated heterocycles. The van der Waals surface area contributed by atoms with Gasteiger partial charge in [-0.3, -0.25) is 18.7 Å². The predicted octanol–water partition coefficient (Wildman–Crippen LogP) is 4.64. The van der Waals surface area contributed by atoms with E-state index in [0.29, 0.717) is 35.0 Å². The molecule has 3 aromatic rings. The maximum atomic E-state index is 14.1. The molecule has 1 amide bonds. The normalized spacial score (nSPS) is 14.4. The van der Waals surface area contributed by atoms with Crippen LogP contribution >= 0.6 is 11.3 Å². The van der Waals surface area contributed by atoms with E-state index in [9.17, 15) is 18.0 Å². The molecule has 0 unspecified atom stereocenters. The predicted molar refractivity (Wildman–Crippen MR) is 154 cm³/mol. The van der Waals surface area contributed by atoms with Gasteiger partial charge in [-0.2, -0.15) is 8.42 Å². The number of nitrogens with zero attached hydrogens (tertiary/aromatic N) is 2. The summed E-state index contributed by atoms with van der Waals surface area (Å²) in [5, 5.41) is 2.31. The molecule has 0 saturated carbocycles. The Balaban J connectivity index is 1.55. The highest BCUT2D eigenvalue weighted by Gasteiger charge is 2.48. The summed E-state index contributed by atoms with van der Waals surface area (Å²) in [5.41, 5.74) is 1.77. The first-order chi connectivity index (χ1) is 18.8. The van der Waals surface area contributed by atoms with E-state index in [1.165, 1.54) is 16.2 Å². The fraction of sp³-hybridized carbons (Fsp3) is 0.414. The molecule has 0 radical (unpaired) electrons. The van der Waals surface area contributed by atoms with Gasteiger partial charge in [0, 0.05) is 18.0 Å². The number of para-hydroxylation sites is 1. The third-order valence-corrected chi connectivity index (χ3v) is 7.93. The highest BCUT2D eigenvalue weighted by Crippen LogP contribution is 2.43. The summed E-state index contributed by atoms with van der Waals surface area (Å²) in [6, 6.07) is 15.1. The molecule has 0 aliphatic heterocycles. The number of carbonyl (C=O) groups excluding carboxylic acids is 2. The number of rotatable bonds is 10. The first-order valence-electron chi connectivity index (χ1n) is 12.9. The fourth-order valence-electron chi connectivity index (χ4n) is 4.83. The summed E-state index contributed by atoms with van der Waals surface area (Å²) in [6.45, 7) is 5.35. The summed E-state index contributed by atoms with van der Waals surface area (Å²) >= 11 is 1.31. The maximum Gasteiger partial charge on any atom is 0.307 e. The largest absolute Gasteiger partial charge is 0.490 e. The summed E-state index contributed by atoms with van der Waals surface area (Å²) < 4.78 is 38.6. The minimum Gasteiger partial charge on any atom is -0.490 e. The van der Waals surface area contributed by atoms with Crippen LogP contribution in [-0.4, -0.2) is 57.4 Å². The number of esters is 1. The van der Waals surface area contributed by atoms with Crippen LogP contribution in [0.15, 0.2) is 53.9 Å². The van der Waals surface area contributed by atoms with Crippen LogP contribution in [0.5, 0.6) is 5.75 Å². The molecule has 2 aromatic carbocycles. The van der Waals surface area contributed by atoms with E-state index in [1.54, 1.807) is 19.2 Å². The molecule has 11 heteroatoms. The van der Waals surface area contributed by atoms with Crippen molar-refractivity contribution < 1.29 is 31.7 Å². The molecule has 1 aliphatic rings. The van der Waals surface area contributed by atoms with Crippen molar-refractivity contribution in [2.24, 2.45) is 5.41 Å². The number of anilines is 1. The maximum absolute atomic E-state index is 14.1. The van der Waals surface area contributed by atoms with E-state index < -0.39 is 27.1 Å². The van der Waals surface area contributed by atoms with Crippen molar-refractivity contribution in [3.05, 3.63) is 65.0 Å². The van der Waals surface area contributed by atoms with E-state index in [1.807, 2.05) is 62.5 Å². The number of carbonyl (C=O) groups is 2. The summed E-state index contributed by atoms with van der Waals surface area (Å²) in [7, 11) is -1.88. The number of aromatic nitrogens is 1. The van der Waals surface area contributed by atoms with Gasteiger partial charge in [0.25, 0.3) is 10.1 Å². The van der Waals surface area contributed by atoms with E-state index in [2.05, 4.69) is 0 Å². The van der Waals surface area contributed by atoms with Gasteiger partial charge in [-0.1, -0.05) is 36.4 Å². The van der Waals surface area contributed by atoms with Crippen molar-refractivity contribution in [3.63, 3.8) is 0 Å². The average molecular weight is 587 g/mol. The first-order valence-corrected chi connectivity index (χ1v) is 15.5. The van der Waals surface area contributed by atoms with Crippen LogP contribution in [0.25, 0.3) is 11.3 Å². The lowest BCUT2D eigenvalue weighted by atomic mass is 9.80. The molecule has 0 fully saturated rings. The molecule has 4 rings (SSSR count). The van der Waals surface area contributed by atoms with Gasteiger partial charge in [-0.25, -0.2) is 4.98 Å². The second kappa shape index (κ2) is 11.7. The van der Waals surface area contributed by atoms with Gasteiger partial charge >= 0.3 is 5.97 Å². The van der Waals surface area contributed by atoms with Crippen LogP contribution in [0, 0.1) is 5.41 Å². The summed E-state index contributed by atoms with van der Waals surface area (Å²) in [6.07, 6.45) is 1.83. The highest BCUT2D eigenvalue weighted by atomic mass is 32.2. The Hall–Kier alpha value is -3.28. The van der Waals surface area contributed by atoms with Crippen molar-refractivity contribution in [2.45, 2.75) is 45.6 Å². The van der Waals surface area contributed by atoms with Crippen LogP contribution in [-0.2, 0) is 41.5 Å². The SMILES string of the molecule is CN(C(=O)C1(CC(=O)OC(C)(C)C)Cc2ccccc2C1)c1nc(-c2ccccc2OCCOS(C)(=O)=O)cs1. The molecule has 1 heterocycles. The summed E-state index contributed by atoms with van der Waals surface area (Å²) in [5.74, 6) is -0.0937. The van der Waals surface area contributed by atoms with Crippen LogP contribution in [0.1, 0.15) is 38.3 Å². The molecule has 40 heavy (non-hydrogen) atoms. The second-order valence-corrected chi connectivity index (χ2v) is 13.4. The van der Waals surface area contributed by atoms with Crippen molar-refractivity contribution in [3.8, 4) is 17.0 Å². The number of hydrogen-bond acceptors (Lipinski definition) is 9. The fourth-order valence-corrected chi connectivity index (χ4v) is 5.99. The smallest absolute Gasteiger partial charge is 0.307 e. The molecule has 0 atom stereocenters. The zero-order valence-electron chi connectivity index (χ0n) is 23.3. The molecule has 0 bridgehead atoms. The number of thiazole rings is 1. The van der Waals surface area contributed by atoms with Crippen molar-refractivity contribution in [1.82, 2.24) is 4.98 Å². The third-order valence-electron chi connectivity index (χ3n) is 6.42. The van der Waals surface area contributed by atoms with Gasteiger partial charge in [0.1, 0.15) is 24.6 Å². The molecular weight excluding hydrogens is 552 g/mol. The molecule has 0 spiro atoms. The van der Waals surface area contributed by atoms with E-state index in [4.69, 9.17) is 18.6 Å². The second-order valence-electron chi connectivity index (χ2n) is 10.9. The lowest BCUT2D eigenvalue weighted by molar-refractivity contribution is -0.159. The van der Waals surface area contributed by atoms with Gasteiger partial charge in [-0.15, -0.1) is 11.3 Å². The van der Waals surface area contributed by atoms with E-state index in [-0.39, 0.29) is 25.5 Å². The minimum atomic E-state index is -3.56. The Morgan fingerprint density at radius 3 is 2.27 bits per heavy atom. The van der Waals surface area contributed by atoms with Gasteiger partial charge in [0.2, 0.25) is 5.91 Å². The minimum absolute atomic E-state index is 0.0349. The summed E-state index contributed by atoms with van der Waals surface area (Å²) in [4.78, 5) is 33.3. The molecule has 9 nitrogen and oxygen atoms in total. The Kier molecular flexibility index (Phi) is 8.67. The number of ether oxygens (including phenoxy) is 2. The van der Waals surface area contributed by atoms with E-state index in [0.717, 1.165) is 17.4 Å². The number of benzene rings is 2. The third kappa shape index (κ3) is 7.26. The van der Waals surface area contributed by atoms with Crippen LogP contribution < -0.4 is 9.64 Å². The standard InChI is InChI=1S/C29H34N2O7S2/c1-28(2,3)38-25(32)18-29(16-20-10-6-7-11-21(20)17-29)26(33)31(4)27-30-23(19-39-27)22-12-8-9-13-24(22)36-14-15-37-40(5,34)35/h6-13,19H,14-18H2,1-5H3. The van der Waals surface area contributed by atoms with Gasteiger partial charge < -0.3 is 9.47 Å². The van der Waals surface area contributed by atoms with E-state index >= 15 is 0 Å². The topological polar surface area (TPSA) is 112 Å².